The topological polar surface area (TPSA) is 117 Å². The molecule has 2 aromatic carbocycles. The molecule has 0 aliphatic carbocycles. The number of morpholine rings is 1. The maximum atomic E-state index is 13.6. The maximum absolute atomic E-state index is 13.6. The van der Waals surface area contributed by atoms with Crippen molar-refractivity contribution in [1.82, 2.24) is 24.7 Å². The van der Waals surface area contributed by atoms with Gasteiger partial charge in [0.1, 0.15) is 12.4 Å². The van der Waals surface area contributed by atoms with Crippen molar-refractivity contribution in [2.24, 2.45) is 0 Å². The van der Waals surface area contributed by atoms with Crippen molar-refractivity contribution in [2.75, 3.05) is 53.0 Å². The number of urea groups is 1. The minimum atomic E-state index is -0.894. The van der Waals surface area contributed by atoms with Gasteiger partial charge in [0.05, 0.1) is 25.2 Å². The number of carbonyl (C=O) groups is 3. The molecule has 1 aromatic heterocycles. The number of benzene rings is 2. The Morgan fingerprint density at radius 2 is 1.88 bits per heavy atom. The Kier molecular flexibility index (Phi) is 6.73. The van der Waals surface area contributed by atoms with Crippen molar-refractivity contribution in [1.29, 1.82) is 0 Å². The van der Waals surface area contributed by atoms with Gasteiger partial charge < -0.3 is 18.9 Å². The summed E-state index contributed by atoms with van der Waals surface area (Å²) in [7, 11) is 1.55. The van der Waals surface area contributed by atoms with Gasteiger partial charge in [-0.05, 0) is 48.4 Å². The number of imide groups is 1. The first-order valence-corrected chi connectivity index (χ1v) is 13.5. The molecule has 1 atom stereocenters. The van der Waals surface area contributed by atoms with E-state index < -0.39 is 11.3 Å². The summed E-state index contributed by atoms with van der Waals surface area (Å²) < 4.78 is 13.8. The van der Waals surface area contributed by atoms with Gasteiger partial charge in [-0.1, -0.05) is 12.1 Å². The molecule has 0 radical (unpaired) electrons. The first-order chi connectivity index (χ1) is 19.3. The van der Waals surface area contributed by atoms with Gasteiger partial charge in [0, 0.05) is 61.9 Å². The highest BCUT2D eigenvalue weighted by Crippen LogP contribution is 2.45. The third kappa shape index (κ3) is 4.40. The molecular weight excluding hydrogens is 514 g/mol. The van der Waals surface area contributed by atoms with Crippen LogP contribution in [-0.4, -0.2) is 95.4 Å². The van der Waals surface area contributed by atoms with Crippen LogP contribution in [0, 0.1) is 0 Å². The van der Waals surface area contributed by atoms with E-state index in [0.717, 1.165) is 66.3 Å². The van der Waals surface area contributed by atoms with Gasteiger partial charge in [0.25, 0.3) is 5.91 Å². The number of amides is 4. The Morgan fingerprint density at radius 3 is 2.60 bits per heavy atom. The van der Waals surface area contributed by atoms with Crippen LogP contribution in [0.15, 0.2) is 42.5 Å². The lowest BCUT2D eigenvalue weighted by Gasteiger charge is -2.47. The van der Waals surface area contributed by atoms with Crippen LogP contribution in [0.3, 0.4) is 0 Å². The summed E-state index contributed by atoms with van der Waals surface area (Å²) in [6, 6.07) is 12.7. The molecule has 6 rings (SSSR count). The van der Waals surface area contributed by atoms with E-state index in [1.807, 2.05) is 37.3 Å². The van der Waals surface area contributed by atoms with Gasteiger partial charge in [-0.25, -0.2) is 10.3 Å². The fourth-order valence-electron chi connectivity index (χ4n) is 6.24. The van der Waals surface area contributed by atoms with Crippen molar-refractivity contribution < 1.29 is 29.1 Å². The number of aromatic nitrogens is 1. The second kappa shape index (κ2) is 10.2. The molecule has 11 nitrogen and oxygen atoms in total. The number of rotatable bonds is 7. The number of hydrogen-bond acceptors (Lipinski definition) is 7. The van der Waals surface area contributed by atoms with Crippen molar-refractivity contribution in [3.05, 3.63) is 64.8 Å². The number of carbonyl (C=O) groups excluding carboxylic acids is 3. The summed E-state index contributed by atoms with van der Waals surface area (Å²) in [5, 5.41) is 9.88. The Bertz CT molecular complexity index is 1480. The van der Waals surface area contributed by atoms with E-state index in [4.69, 9.17) is 14.7 Å². The quantitative estimate of drug-likeness (QED) is 0.344. The van der Waals surface area contributed by atoms with Gasteiger partial charge in [0.15, 0.2) is 0 Å². The Morgan fingerprint density at radius 1 is 1.12 bits per heavy atom. The van der Waals surface area contributed by atoms with E-state index in [1.165, 1.54) is 4.90 Å². The van der Waals surface area contributed by atoms with Crippen LogP contribution in [0.1, 0.15) is 34.1 Å². The summed E-state index contributed by atoms with van der Waals surface area (Å²) in [5.41, 5.74) is 4.83. The van der Waals surface area contributed by atoms with Crippen molar-refractivity contribution in [3.8, 4) is 5.75 Å². The molecule has 3 aliphatic heterocycles. The van der Waals surface area contributed by atoms with E-state index in [2.05, 4.69) is 9.47 Å². The standard InChI is InChI=1S/C29H33N5O6/c1-29-18-33(28(37)31(2)27(29)36)17-24-25(29)22-15-21(40-14-11-32-9-12-39-13-10-32)7-8-23(22)34(24)16-19-3-5-20(6-4-19)26(35)30-38/h3-8,15,38H,9-14,16-18H2,1-2H3,(H,30,35)/t29-/m0/s1. The van der Waals surface area contributed by atoms with E-state index in [0.29, 0.717) is 31.8 Å². The molecule has 0 spiro atoms. The van der Waals surface area contributed by atoms with Crippen molar-refractivity contribution in [3.63, 3.8) is 0 Å². The van der Waals surface area contributed by atoms with E-state index in [1.54, 1.807) is 29.6 Å². The predicted molar refractivity (Wildman–Crippen MR) is 145 cm³/mol. The van der Waals surface area contributed by atoms with Gasteiger partial charge in [0.2, 0.25) is 5.91 Å². The van der Waals surface area contributed by atoms with Crippen LogP contribution in [0.4, 0.5) is 4.79 Å². The largest absolute Gasteiger partial charge is 0.492 e. The highest BCUT2D eigenvalue weighted by molar-refractivity contribution is 6.06. The molecule has 2 N–H and O–H groups in total. The van der Waals surface area contributed by atoms with E-state index in [-0.39, 0.29) is 11.9 Å². The Balaban J connectivity index is 1.39. The molecule has 3 aliphatic rings. The lowest BCUT2D eigenvalue weighted by molar-refractivity contribution is -0.137. The van der Waals surface area contributed by atoms with Gasteiger partial charge in [-0.2, -0.15) is 0 Å². The molecule has 210 valence electrons. The smallest absolute Gasteiger partial charge is 0.326 e. The number of nitrogens with one attached hydrogen (secondary N) is 1. The fraction of sp³-hybridized carbons (Fsp3) is 0.414. The monoisotopic (exact) mass is 547 g/mol. The highest BCUT2D eigenvalue weighted by atomic mass is 16.5. The van der Waals surface area contributed by atoms with Crippen LogP contribution >= 0.6 is 0 Å². The third-order valence-corrected chi connectivity index (χ3v) is 8.31. The van der Waals surface area contributed by atoms with Crippen molar-refractivity contribution >= 4 is 28.7 Å². The zero-order valence-electron chi connectivity index (χ0n) is 22.7. The predicted octanol–water partition coefficient (Wildman–Crippen LogP) is 2.18. The number of fused-ring (bicyclic) bond motifs is 6. The number of hydroxylamine groups is 1. The number of nitrogens with zero attached hydrogens (tertiary/aromatic N) is 4. The zero-order valence-corrected chi connectivity index (χ0v) is 22.7. The average molecular weight is 548 g/mol. The first kappa shape index (κ1) is 26.3. The summed E-state index contributed by atoms with van der Waals surface area (Å²) in [6.07, 6.45) is 0. The normalized spacial score (nSPS) is 21.1. The second-order valence-corrected chi connectivity index (χ2v) is 10.9. The molecule has 0 unspecified atom stereocenters. The summed E-state index contributed by atoms with van der Waals surface area (Å²) in [4.78, 5) is 43.6. The van der Waals surface area contributed by atoms with Crippen LogP contribution in [0.25, 0.3) is 10.9 Å². The minimum Gasteiger partial charge on any atom is -0.492 e. The van der Waals surface area contributed by atoms with Crippen LogP contribution in [0.5, 0.6) is 5.75 Å². The minimum absolute atomic E-state index is 0.216. The Hall–Kier alpha value is -3.93. The van der Waals surface area contributed by atoms with Crippen molar-refractivity contribution in [2.45, 2.75) is 25.4 Å². The molecular formula is C29H33N5O6. The SMILES string of the molecule is CN1C(=O)N2Cc3c(c4cc(OCCN5CCOCC5)ccc4n3Cc3ccc(C(=O)NO)cc3)[C@](C)(C2)C1=O. The number of ether oxygens (including phenoxy) is 2. The average Bonchev–Trinajstić information content (AvgIpc) is 3.28. The molecule has 3 aromatic rings. The molecule has 40 heavy (non-hydrogen) atoms. The molecule has 2 fully saturated rings. The Labute approximate surface area is 231 Å². The van der Waals surface area contributed by atoms with E-state index >= 15 is 0 Å². The number of hydrogen-bond donors (Lipinski definition) is 2. The van der Waals surface area contributed by atoms with Gasteiger partial charge in [-0.15, -0.1) is 0 Å². The molecule has 4 amide bonds. The molecule has 11 heteroatoms. The lowest BCUT2D eigenvalue weighted by Crippen LogP contribution is -2.63. The molecule has 4 heterocycles. The van der Waals surface area contributed by atoms with Crippen LogP contribution in [-0.2, 0) is 28.0 Å². The van der Waals surface area contributed by atoms with Crippen LogP contribution < -0.4 is 10.2 Å². The van der Waals surface area contributed by atoms with E-state index in [9.17, 15) is 14.4 Å². The van der Waals surface area contributed by atoms with Gasteiger partial charge in [-0.3, -0.25) is 24.6 Å². The summed E-state index contributed by atoms with van der Waals surface area (Å²) >= 11 is 0. The number of likely N-dealkylation sites (N-methyl/N-ethyl adjacent to an activating group) is 1. The second-order valence-electron chi connectivity index (χ2n) is 10.9. The lowest BCUT2D eigenvalue weighted by atomic mass is 9.75. The zero-order chi connectivity index (χ0) is 28.0. The molecule has 2 saturated heterocycles. The summed E-state index contributed by atoms with van der Waals surface area (Å²) in [5.74, 6) is -0.0586. The molecule has 2 bridgehead atoms. The van der Waals surface area contributed by atoms with Crippen LogP contribution in [0.2, 0.25) is 0 Å². The van der Waals surface area contributed by atoms with Gasteiger partial charge >= 0.3 is 6.03 Å². The molecule has 0 saturated carbocycles. The third-order valence-electron chi connectivity index (χ3n) is 8.31. The fourth-order valence-corrected chi connectivity index (χ4v) is 6.24. The summed E-state index contributed by atoms with van der Waals surface area (Å²) in [6.45, 7) is 7.73. The maximum Gasteiger partial charge on any atom is 0.326 e. The highest BCUT2D eigenvalue weighted by Gasteiger charge is 2.53. The first-order valence-electron chi connectivity index (χ1n) is 13.5.